The summed E-state index contributed by atoms with van der Waals surface area (Å²) < 4.78 is 0. The highest BCUT2D eigenvalue weighted by Gasteiger charge is 2.07. The van der Waals surface area contributed by atoms with E-state index in [0.717, 1.165) is 6.54 Å². The molecule has 1 unspecified atom stereocenters. The molecule has 0 spiro atoms. The average molecular weight is 202 g/mol. The Hall–Kier alpha value is -1.14. The Balaban J connectivity index is 3.61. The van der Waals surface area contributed by atoms with Gasteiger partial charge in [-0.15, -0.1) is 0 Å². The SMILES string of the molecule is CC(CN(C)C)NCC(=O)NC(N)=O. The van der Waals surface area contributed by atoms with Crippen molar-refractivity contribution < 1.29 is 9.59 Å². The quantitative estimate of drug-likeness (QED) is 0.518. The fourth-order valence-electron chi connectivity index (χ4n) is 1.06. The molecule has 3 amide bonds. The topological polar surface area (TPSA) is 87.5 Å². The summed E-state index contributed by atoms with van der Waals surface area (Å²) in [6.07, 6.45) is 0. The number of nitrogens with zero attached hydrogens (tertiary/aromatic N) is 1. The van der Waals surface area contributed by atoms with Crippen molar-refractivity contribution in [2.24, 2.45) is 5.73 Å². The minimum absolute atomic E-state index is 0.0952. The summed E-state index contributed by atoms with van der Waals surface area (Å²) >= 11 is 0. The second kappa shape index (κ2) is 6.33. The first-order valence-electron chi connectivity index (χ1n) is 4.39. The van der Waals surface area contributed by atoms with E-state index in [4.69, 9.17) is 5.73 Å². The number of rotatable bonds is 5. The summed E-state index contributed by atoms with van der Waals surface area (Å²) in [5.41, 5.74) is 4.77. The second-order valence-corrected chi connectivity index (χ2v) is 3.46. The number of primary amides is 1. The third kappa shape index (κ3) is 7.51. The van der Waals surface area contributed by atoms with E-state index in [0.29, 0.717) is 0 Å². The smallest absolute Gasteiger partial charge is 0.318 e. The number of imide groups is 1. The summed E-state index contributed by atoms with van der Waals surface area (Å²) in [6, 6.07) is -0.638. The third-order valence-electron chi connectivity index (χ3n) is 1.51. The lowest BCUT2D eigenvalue weighted by Crippen LogP contribution is -2.44. The molecule has 0 fully saturated rings. The Morgan fingerprint density at radius 2 is 2.00 bits per heavy atom. The van der Waals surface area contributed by atoms with E-state index in [1.54, 1.807) is 0 Å². The molecule has 6 nitrogen and oxygen atoms in total. The lowest BCUT2D eigenvalue weighted by Gasteiger charge is -2.17. The van der Waals surface area contributed by atoms with Crippen molar-refractivity contribution >= 4 is 11.9 Å². The van der Waals surface area contributed by atoms with Crippen LogP contribution in [0.5, 0.6) is 0 Å². The van der Waals surface area contributed by atoms with Crippen LogP contribution in [0, 0.1) is 0 Å². The average Bonchev–Trinajstić information content (AvgIpc) is 1.98. The van der Waals surface area contributed by atoms with Crippen LogP contribution in [0.1, 0.15) is 6.92 Å². The summed E-state index contributed by atoms with van der Waals surface area (Å²) in [7, 11) is 3.89. The first kappa shape index (κ1) is 12.9. The van der Waals surface area contributed by atoms with Gasteiger partial charge in [0.05, 0.1) is 6.54 Å². The molecule has 0 aliphatic rings. The summed E-state index contributed by atoms with van der Waals surface area (Å²) in [4.78, 5) is 23.2. The van der Waals surface area contributed by atoms with Gasteiger partial charge in [-0.2, -0.15) is 0 Å². The number of nitrogens with two attached hydrogens (primary N) is 1. The fraction of sp³-hybridized carbons (Fsp3) is 0.750. The number of amides is 3. The molecule has 14 heavy (non-hydrogen) atoms. The molecule has 0 rings (SSSR count). The van der Waals surface area contributed by atoms with Crippen LogP contribution in [0.3, 0.4) is 0 Å². The highest BCUT2D eigenvalue weighted by Crippen LogP contribution is 1.83. The predicted octanol–water partition coefficient (Wildman–Crippen LogP) is -1.28. The molecule has 0 aliphatic carbocycles. The van der Waals surface area contributed by atoms with E-state index >= 15 is 0 Å². The van der Waals surface area contributed by atoms with Crippen molar-refractivity contribution in [3.63, 3.8) is 0 Å². The van der Waals surface area contributed by atoms with Crippen molar-refractivity contribution in [2.45, 2.75) is 13.0 Å². The van der Waals surface area contributed by atoms with Gasteiger partial charge >= 0.3 is 6.03 Å². The van der Waals surface area contributed by atoms with Gasteiger partial charge in [0.1, 0.15) is 0 Å². The number of nitrogens with one attached hydrogen (secondary N) is 2. The van der Waals surface area contributed by atoms with Crippen molar-refractivity contribution in [1.29, 1.82) is 0 Å². The minimum atomic E-state index is -0.822. The van der Waals surface area contributed by atoms with Gasteiger partial charge in [0.15, 0.2) is 0 Å². The number of carbonyl (C=O) groups excluding carboxylic acids is 2. The molecule has 1 atom stereocenters. The predicted molar refractivity (Wildman–Crippen MR) is 53.7 cm³/mol. The Morgan fingerprint density at radius 3 is 2.43 bits per heavy atom. The van der Waals surface area contributed by atoms with Gasteiger partial charge in [0.2, 0.25) is 5.91 Å². The summed E-state index contributed by atoms with van der Waals surface area (Å²) in [5, 5.41) is 4.93. The normalized spacial score (nSPS) is 12.6. The van der Waals surface area contributed by atoms with Crippen LogP contribution >= 0.6 is 0 Å². The summed E-state index contributed by atoms with van der Waals surface area (Å²) in [6.45, 7) is 2.87. The Kier molecular flexibility index (Phi) is 5.82. The van der Waals surface area contributed by atoms with E-state index < -0.39 is 11.9 Å². The van der Waals surface area contributed by atoms with E-state index in [-0.39, 0.29) is 12.6 Å². The Morgan fingerprint density at radius 1 is 1.43 bits per heavy atom. The first-order valence-corrected chi connectivity index (χ1v) is 4.39. The van der Waals surface area contributed by atoms with Gasteiger partial charge < -0.3 is 16.0 Å². The van der Waals surface area contributed by atoms with Crippen LogP contribution in [-0.2, 0) is 4.79 Å². The zero-order valence-electron chi connectivity index (χ0n) is 8.83. The Labute approximate surface area is 83.8 Å². The zero-order chi connectivity index (χ0) is 11.1. The summed E-state index contributed by atoms with van der Waals surface area (Å²) in [5.74, 6) is -0.414. The molecule has 0 aromatic carbocycles. The maximum Gasteiger partial charge on any atom is 0.318 e. The maximum atomic E-state index is 11.0. The van der Waals surface area contributed by atoms with Crippen LogP contribution in [0.15, 0.2) is 0 Å². The number of hydrogen-bond acceptors (Lipinski definition) is 4. The van der Waals surface area contributed by atoms with Crippen molar-refractivity contribution in [3.05, 3.63) is 0 Å². The fourth-order valence-corrected chi connectivity index (χ4v) is 1.06. The number of carbonyl (C=O) groups is 2. The highest BCUT2D eigenvalue weighted by atomic mass is 16.2. The molecule has 82 valence electrons. The van der Waals surface area contributed by atoms with Gasteiger partial charge in [0, 0.05) is 12.6 Å². The van der Waals surface area contributed by atoms with E-state index in [9.17, 15) is 9.59 Å². The maximum absolute atomic E-state index is 11.0. The molecule has 0 radical (unpaired) electrons. The third-order valence-corrected chi connectivity index (χ3v) is 1.51. The van der Waals surface area contributed by atoms with Crippen LogP contribution in [0.4, 0.5) is 4.79 Å². The first-order chi connectivity index (χ1) is 6.41. The van der Waals surface area contributed by atoms with Crippen LogP contribution in [-0.4, -0.2) is 50.1 Å². The molecular weight excluding hydrogens is 184 g/mol. The molecule has 0 bridgehead atoms. The van der Waals surface area contributed by atoms with Crippen LogP contribution in [0.2, 0.25) is 0 Å². The minimum Gasteiger partial charge on any atom is -0.351 e. The van der Waals surface area contributed by atoms with E-state index in [1.807, 2.05) is 31.2 Å². The van der Waals surface area contributed by atoms with E-state index in [1.165, 1.54) is 0 Å². The van der Waals surface area contributed by atoms with Gasteiger partial charge in [-0.25, -0.2) is 4.79 Å². The van der Waals surface area contributed by atoms with Gasteiger partial charge in [-0.05, 0) is 21.0 Å². The largest absolute Gasteiger partial charge is 0.351 e. The molecule has 0 heterocycles. The molecule has 4 N–H and O–H groups in total. The molecule has 0 aromatic rings. The lowest BCUT2D eigenvalue weighted by atomic mass is 10.3. The second-order valence-electron chi connectivity index (χ2n) is 3.46. The van der Waals surface area contributed by atoms with Crippen LogP contribution < -0.4 is 16.4 Å². The van der Waals surface area contributed by atoms with E-state index in [2.05, 4.69) is 5.32 Å². The van der Waals surface area contributed by atoms with Gasteiger partial charge in [0.25, 0.3) is 0 Å². The molecule has 0 saturated carbocycles. The number of likely N-dealkylation sites (N-methyl/N-ethyl adjacent to an activating group) is 1. The zero-order valence-corrected chi connectivity index (χ0v) is 8.83. The molecular formula is C8H18N4O2. The molecule has 0 saturated heterocycles. The highest BCUT2D eigenvalue weighted by molar-refractivity contribution is 5.94. The molecule has 0 aliphatic heterocycles. The van der Waals surface area contributed by atoms with Crippen molar-refractivity contribution in [2.75, 3.05) is 27.2 Å². The monoisotopic (exact) mass is 202 g/mol. The Bertz CT molecular complexity index is 206. The van der Waals surface area contributed by atoms with Gasteiger partial charge in [-0.1, -0.05) is 0 Å². The number of urea groups is 1. The van der Waals surface area contributed by atoms with Crippen molar-refractivity contribution in [1.82, 2.24) is 15.5 Å². The van der Waals surface area contributed by atoms with Gasteiger partial charge in [-0.3, -0.25) is 10.1 Å². The molecule has 6 heteroatoms. The van der Waals surface area contributed by atoms with Crippen molar-refractivity contribution in [3.8, 4) is 0 Å². The van der Waals surface area contributed by atoms with Crippen LogP contribution in [0.25, 0.3) is 0 Å². The molecule has 0 aromatic heterocycles. The number of hydrogen-bond donors (Lipinski definition) is 3. The lowest BCUT2D eigenvalue weighted by molar-refractivity contribution is -0.119. The standard InChI is InChI=1S/C8H18N4O2/c1-6(5-12(2)3)10-4-7(13)11-8(9)14/h6,10H,4-5H2,1-3H3,(H3,9,11,13,14).